The molecule has 0 saturated carbocycles. The van der Waals surface area contributed by atoms with Crippen LogP contribution in [0.3, 0.4) is 0 Å². The van der Waals surface area contributed by atoms with Crippen molar-refractivity contribution in [3.05, 3.63) is 28.8 Å². The van der Waals surface area contributed by atoms with Gasteiger partial charge in [0.1, 0.15) is 17.5 Å². The van der Waals surface area contributed by atoms with Crippen molar-refractivity contribution in [2.75, 3.05) is 13.1 Å². The highest BCUT2D eigenvalue weighted by Gasteiger charge is 2.36. The zero-order valence-electron chi connectivity index (χ0n) is 10.9. The summed E-state index contributed by atoms with van der Waals surface area (Å²) in [6.45, 7) is 5.38. The topological polar surface area (TPSA) is 41.5 Å². The fourth-order valence-corrected chi connectivity index (χ4v) is 2.43. The van der Waals surface area contributed by atoms with Crippen molar-refractivity contribution in [3.8, 4) is 5.75 Å². The Bertz CT molecular complexity index is 420. The van der Waals surface area contributed by atoms with Crippen LogP contribution < -0.4 is 10.1 Å². The van der Waals surface area contributed by atoms with Crippen LogP contribution in [0, 0.1) is 0 Å². The summed E-state index contributed by atoms with van der Waals surface area (Å²) in [6, 6.07) is 5.65. The molecule has 18 heavy (non-hydrogen) atoms. The number of rotatable bonds is 3. The van der Waals surface area contributed by atoms with E-state index in [1.165, 1.54) is 0 Å². The van der Waals surface area contributed by atoms with Gasteiger partial charge in [0.05, 0.1) is 0 Å². The van der Waals surface area contributed by atoms with Crippen molar-refractivity contribution in [2.24, 2.45) is 0 Å². The van der Waals surface area contributed by atoms with Gasteiger partial charge < -0.3 is 15.2 Å². The molecule has 1 heterocycles. The molecule has 100 valence electrons. The summed E-state index contributed by atoms with van der Waals surface area (Å²) in [5, 5.41) is 14.3. The smallest absolute Gasteiger partial charge is 0.139 e. The van der Waals surface area contributed by atoms with Crippen LogP contribution in [0.2, 0.25) is 5.02 Å². The molecule has 3 nitrogen and oxygen atoms in total. The fourth-order valence-electron chi connectivity index (χ4n) is 2.18. The maximum atomic E-state index is 10.3. The van der Waals surface area contributed by atoms with Crippen LogP contribution in [0.25, 0.3) is 0 Å². The van der Waals surface area contributed by atoms with E-state index in [4.69, 9.17) is 16.3 Å². The molecule has 2 rings (SSSR count). The molecule has 1 aromatic carbocycles. The molecule has 0 spiro atoms. The van der Waals surface area contributed by atoms with Gasteiger partial charge in [-0.1, -0.05) is 18.5 Å². The first kappa shape index (κ1) is 13.7. The van der Waals surface area contributed by atoms with Gasteiger partial charge in [0.15, 0.2) is 0 Å². The van der Waals surface area contributed by atoms with Gasteiger partial charge in [-0.05, 0) is 50.1 Å². The highest BCUT2D eigenvalue weighted by Crippen LogP contribution is 2.27. The summed E-state index contributed by atoms with van der Waals surface area (Å²) in [4.78, 5) is 0. The van der Waals surface area contributed by atoms with Gasteiger partial charge >= 0.3 is 0 Å². The Kier molecular flexibility index (Phi) is 4.15. The first-order valence-corrected chi connectivity index (χ1v) is 6.79. The van der Waals surface area contributed by atoms with Crippen molar-refractivity contribution in [3.63, 3.8) is 0 Å². The third kappa shape index (κ3) is 2.97. The molecule has 0 bridgehead atoms. The summed E-state index contributed by atoms with van der Waals surface area (Å²) >= 11 is 6.08. The van der Waals surface area contributed by atoms with Crippen LogP contribution in [0.5, 0.6) is 5.75 Å². The lowest BCUT2D eigenvalue weighted by Gasteiger charge is -2.37. The van der Waals surface area contributed by atoms with Gasteiger partial charge in [0, 0.05) is 11.6 Å². The molecule has 1 fully saturated rings. The minimum absolute atomic E-state index is 0.225. The number of hydrogen-bond acceptors (Lipinski definition) is 3. The Morgan fingerprint density at radius 1 is 1.56 bits per heavy atom. The number of hydrogen-bond donors (Lipinski definition) is 2. The Labute approximate surface area is 113 Å². The zero-order chi connectivity index (χ0) is 13.2. The Balaban J connectivity index is 2.13. The molecule has 2 atom stereocenters. The van der Waals surface area contributed by atoms with Crippen molar-refractivity contribution < 1.29 is 9.84 Å². The summed E-state index contributed by atoms with van der Waals surface area (Å²) in [5.41, 5.74) is 0.287. The van der Waals surface area contributed by atoms with Crippen LogP contribution in [-0.2, 0) is 6.42 Å². The molecule has 2 N–H and O–H groups in total. The average molecular weight is 270 g/mol. The maximum absolute atomic E-state index is 10.3. The number of benzene rings is 1. The quantitative estimate of drug-likeness (QED) is 0.885. The summed E-state index contributed by atoms with van der Waals surface area (Å²) in [5.74, 6) is 0.769. The van der Waals surface area contributed by atoms with E-state index in [9.17, 15) is 5.11 Å². The summed E-state index contributed by atoms with van der Waals surface area (Å²) in [7, 11) is 0. The first-order valence-electron chi connectivity index (χ1n) is 6.41. The van der Waals surface area contributed by atoms with E-state index < -0.39 is 5.60 Å². The molecule has 1 saturated heterocycles. The lowest BCUT2D eigenvalue weighted by molar-refractivity contribution is -0.0658. The van der Waals surface area contributed by atoms with Gasteiger partial charge in [0.25, 0.3) is 0 Å². The minimum atomic E-state index is -0.780. The second-order valence-corrected chi connectivity index (χ2v) is 5.43. The number of nitrogens with one attached hydrogen (secondary N) is 1. The van der Waals surface area contributed by atoms with E-state index in [0.29, 0.717) is 13.0 Å². The predicted octanol–water partition coefficient (Wildman–Crippen LogP) is 2.39. The van der Waals surface area contributed by atoms with E-state index in [1.807, 2.05) is 25.1 Å². The molecule has 0 aliphatic carbocycles. The maximum Gasteiger partial charge on any atom is 0.139 e. The molecule has 2 unspecified atom stereocenters. The minimum Gasteiger partial charge on any atom is -0.486 e. The largest absolute Gasteiger partial charge is 0.486 e. The Hall–Kier alpha value is -0.770. The van der Waals surface area contributed by atoms with Crippen molar-refractivity contribution in [1.82, 2.24) is 5.32 Å². The Morgan fingerprint density at radius 2 is 2.33 bits per heavy atom. The van der Waals surface area contributed by atoms with Crippen LogP contribution in [0.15, 0.2) is 18.2 Å². The number of aryl methyl sites for hydroxylation is 1. The first-order chi connectivity index (χ1) is 8.53. The SMILES string of the molecule is CCc1cc(OC2CNCCC2(C)O)ccc1Cl. The van der Waals surface area contributed by atoms with Crippen molar-refractivity contribution in [2.45, 2.75) is 38.4 Å². The van der Waals surface area contributed by atoms with Crippen LogP contribution >= 0.6 is 11.6 Å². The lowest BCUT2D eigenvalue weighted by Crippen LogP contribution is -2.55. The van der Waals surface area contributed by atoms with E-state index in [2.05, 4.69) is 12.2 Å². The molecule has 0 aromatic heterocycles. The van der Waals surface area contributed by atoms with Gasteiger partial charge in [0.2, 0.25) is 0 Å². The molecular weight excluding hydrogens is 250 g/mol. The molecule has 4 heteroatoms. The molecular formula is C14H20ClNO2. The molecule has 1 aliphatic rings. The molecule has 1 aliphatic heterocycles. The fraction of sp³-hybridized carbons (Fsp3) is 0.571. The summed E-state index contributed by atoms with van der Waals surface area (Å²) in [6.07, 6.45) is 1.35. The van der Waals surface area contributed by atoms with Crippen molar-refractivity contribution >= 4 is 11.6 Å². The van der Waals surface area contributed by atoms with Crippen molar-refractivity contribution in [1.29, 1.82) is 0 Å². The van der Waals surface area contributed by atoms with Gasteiger partial charge in [-0.2, -0.15) is 0 Å². The van der Waals surface area contributed by atoms with E-state index in [-0.39, 0.29) is 6.10 Å². The van der Waals surface area contributed by atoms with Crippen LogP contribution in [0.1, 0.15) is 25.8 Å². The molecule has 0 radical (unpaired) electrons. The standard InChI is InChI=1S/C14H20ClNO2/c1-3-10-8-11(4-5-12(10)15)18-13-9-16-7-6-14(13,2)17/h4-5,8,13,16-17H,3,6-7,9H2,1-2H3. The third-order valence-corrected chi connectivity index (χ3v) is 3.88. The normalized spacial score (nSPS) is 28.1. The third-order valence-electron chi connectivity index (χ3n) is 3.51. The van der Waals surface area contributed by atoms with Gasteiger partial charge in [-0.3, -0.25) is 0 Å². The van der Waals surface area contributed by atoms with E-state index in [1.54, 1.807) is 0 Å². The number of halogens is 1. The van der Waals surface area contributed by atoms with E-state index >= 15 is 0 Å². The number of ether oxygens (including phenoxy) is 1. The second kappa shape index (κ2) is 5.47. The monoisotopic (exact) mass is 269 g/mol. The highest BCUT2D eigenvalue weighted by molar-refractivity contribution is 6.31. The molecule has 0 amide bonds. The summed E-state index contributed by atoms with van der Waals surface area (Å²) < 4.78 is 5.90. The van der Waals surface area contributed by atoms with E-state index in [0.717, 1.165) is 29.3 Å². The number of aliphatic hydroxyl groups is 1. The highest BCUT2D eigenvalue weighted by atomic mass is 35.5. The molecule has 1 aromatic rings. The Morgan fingerprint density at radius 3 is 3.00 bits per heavy atom. The van der Waals surface area contributed by atoms with Gasteiger partial charge in [-0.25, -0.2) is 0 Å². The number of piperidine rings is 1. The zero-order valence-corrected chi connectivity index (χ0v) is 11.6. The van der Waals surface area contributed by atoms with Crippen LogP contribution in [-0.4, -0.2) is 29.9 Å². The second-order valence-electron chi connectivity index (χ2n) is 5.02. The van der Waals surface area contributed by atoms with Gasteiger partial charge in [-0.15, -0.1) is 0 Å². The average Bonchev–Trinajstić information content (AvgIpc) is 2.34. The predicted molar refractivity (Wildman–Crippen MR) is 73.4 cm³/mol. The van der Waals surface area contributed by atoms with Crippen LogP contribution in [0.4, 0.5) is 0 Å². The lowest BCUT2D eigenvalue weighted by atomic mass is 9.92.